The Morgan fingerprint density at radius 2 is 1.79 bits per heavy atom. The largest absolute Gasteiger partial charge is 0.493 e. The van der Waals surface area contributed by atoms with Crippen molar-refractivity contribution in [3.05, 3.63) is 45.9 Å². The van der Waals surface area contributed by atoms with E-state index in [1.807, 2.05) is 30.3 Å². The molecule has 0 aliphatic carbocycles. The molecule has 2 aromatic rings. The Hall–Kier alpha value is -2.21. The molecule has 0 radical (unpaired) electrons. The lowest BCUT2D eigenvalue weighted by molar-refractivity contribution is -0.117. The first kappa shape index (κ1) is 16.6. The van der Waals surface area contributed by atoms with Crippen molar-refractivity contribution in [1.29, 1.82) is 0 Å². The molecule has 6 heteroatoms. The van der Waals surface area contributed by atoms with Gasteiger partial charge in [0.2, 0.25) is 11.7 Å². The maximum Gasteiger partial charge on any atom is 0.232 e. The topological polar surface area (TPSA) is 56.8 Å². The molecule has 0 unspecified atom stereocenters. The molecule has 1 atom stereocenters. The quantitative estimate of drug-likeness (QED) is 0.842. The lowest BCUT2D eigenvalue weighted by atomic mass is 9.92. The Balaban J connectivity index is 2.00. The van der Waals surface area contributed by atoms with Gasteiger partial charge in [0.15, 0.2) is 11.5 Å². The normalized spacial score (nSPS) is 15.7. The van der Waals surface area contributed by atoms with E-state index >= 15 is 0 Å². The van der Waals surface area contributed by atoms with Crippen LogP contribution in [0.1, 0.15) is 17.0 Å². The third-order valence-corrected chi connectivity index (χ3v) is 4.67. The van der Waals surface area contributed by atoms with Crippen LogP contribution in [-0.2, 0) is 11.2 Å². The third kappa shape index (κ3) is 2.82. The maximum atomic E-state index is 12.4. The van der Waals surface area contributed by atoms with Crippen LogP contribution in [0, 0.1) is 0 Å². The summed E-state index contributed by atoms with van der Waals surface area (Å²) in [5.41, 5.74) is 2.72. The molecule has 1 aliphatic rings. The van der Waals surface area contributed by atoms with Gasteiger partial charge in [0, 0.05) is 10.2 Å². The summed E-state index contributed by atoms with van der Waals surface area (Å²) in [6.45, 7) is 0. The number of ether oxygens (including phenoxy) is 3. The molecule has 1 N–H and O–H groups in total. The summed E-state index contributed by atoms with van der Waals surface area (Å²) in [5.74, 6) is 1.43. The van der Waals surface area contributed by atoms with Crippen molar-refractivity contribution in [2.45, 2.75) is 12.3 Å². The molecule has 0 aromatic heterocycles. The van der Waals surface area contributed by atoms with Crippen molar-refractivity contribution in [3.63, 3.8) is 0 Å². The van der Waals surface area contributed by atoms with E-state index in [2.05, 4.69) is 21.2 Å². The number of hydrogen-bond acceptors (Lipinski definition) is 4. The van der Waals surface area contributed by atoms with Crippen LogP contribution in [0.5, 0.6) is 17.2 Å². The van der Waals surface area contributed by atoms with Gasteiger partial charge < -0.3 is 19.5 Å². The van der Waals surface area contributed by atoms with Gasteiger partial charge in [0.05, 0.1) is 27.2 Å². The number of hydrogen-bond donors (Lipinski definition) is 1. The van der Waals surface area contributed by atoms with Gasteiger partial charge in [0.1, 0.15) is 0 Å². The molecule has 126 valence electrons. The fraction of sp³-hybridized carbons (Fsp3) is 0.278. The van der Waals surface area contributed by atoms with E-state index in [4.69, 9.17) is 14.2 Å². The summed E-state index contributed by atoms with van der Waals surface area (Å²) < 4.78 is 17.2. The smallest absolute Gasteiger partial charge is 0.232 e. The fourth-order valence-electron chi connectivity index (χ4n) is 3.04. The second-order valence-corrected chi connectivity index (χ2v) is 6.39. The molecule has 0 spiro atoms. The van der Waals surface area contributed by atoms with Crippen molar-refractivity contribution in [2.75, 3.05) is 26.6 Å². The van der Waals surface area contributed by atoms with E-state index in [0.29, 0.717) is 23.7 Å². The first-order chi connectivity index (χ1) is 11.6. The van der Waals surface area contributed by atoms with Crippen LogP contribution >= 0.6 is 15.9 Å². The second kappa shape index (κ2) is 6.73. The van der Waals surface area contributed by atoms with Crippen LogP contribution in [0.4, 0.5) is 5.69 Å². The van der Waals surface area contributed by atoms with E-state index in [-0.39, 0.29) is 11.8 Å². The van der Waals surface area contributed by atoms with E-state index in [1.165, 1.54) is 0 Å². The molecule has 5 nitrogen and oxygen atoms in total. The minimum absolute atomic E-state index is 0.0139. The summed E-state index contributed by atoms with van der Waals surface area (Å²) in [5, 5.41) is 2.93. The van der Waals surface area contributed by atoms with Crippen LogP contribution in [0.2, 0.25) is 0 Å². The lowest BCUT2D eigenvalue weighted by Crippen LogP contribution is -2.15. The average Bonchev–Trinajstić information content (AvgIpc) is 2.89. The molecule has 1 aliphatic heterocycles. The second-order valence-electron chi connectivity index (χ2n) is 5.47. The van der Waals surface area contributed by atoms with Crippen molar-refractivity contribution < 1.29 is 19.0 Å². The van der Waals surface area contributed by atoms with Crippen molar-refractivity contribution in [2.24, 2.45) is 0 Å². The van der Waals surface area contributed by atoms with Gasteiger partial charge in [-0.1, -0.05) is 22.0 Å². The standard InChI is InChI=1S/C18H18BrNO4/c1-22-15-7-4-10(16(23-2)17(15)24-3)8-13-12-9-11(19)5-6-14(12)20-18(13)21/h4-7,9,13H,8H2,1-3H3,(H,20,21)/t13-/m1/s1. The maximum absolute atomic E-state index is 12.4. The van der Waals surface area contributed by atoms with E-state index in [0.717, 1.165) is 21.3 Å². The zero-order valence-electron chi connectivity index (χ0n) is 13.7. The monoisotopic (exact) mass is 391 g/mol. The number of halogens is 1. The lowest BCUT2D eigenvalue weighted by Gasteiger charge is -2.17. The third-order valence-electron chi connectivity index (χ3n) is 4.17. The molecule has 0 bridgehead atoms. The predicted octanol–water partition coefficient (Wildman–Crippen LogP) is 3.75. The molecule has 0 saturated heterocycles. The van der Waals surface area contributed by atoms with Crippen LogP contribution < -0.4 is 19.5 Å². The number of carbonyl (C=O) groups excluding carboxylic acids is 1. The van der Waals surface area contributed by atoms with Gasteiger partial charge >= 0.3 is 0 Å². The Morgan fingerprint density at radius 3 is 2.46 bits per heavy atom. The molecular weight excluding hydrogens is 374 g/mol. The summed E-state index contributed by atoms with van der Waals surface area (Å²) in [7, 11) is 4.73. The van der Waals surface area contributed by atoms with Gasteiger partial charge in [0.25, 0.3) is 0 Å². The highest BCUT2D eigenvalue weighted by molar-refractivity contribution is 9.10. The van der Waals surface area contributed by atoms with Crippen LogP contribution in [0.15, 0.2) is 34.8 Å². The van der Waals surface area contributed by atoms with E-state index < -0.39 is 0 Å². The summed E-state index contributed by atoms with van der Waals surface area (Å²) in [6, 6.07) is 9.53. The van der Waals surface area contributed by atoms with Crippen LogP contribution in [0.25, 0.3) is 0 Å². The molecule has 1 amide bonds. The highest BCUT2D eigenvalue weighted by Crippen LogP contribution is 2.43. The number of fused-ring (bicyclic) bond motifs is 1. The minimum Gasteiger partial charge on any atom is -0.493 e. The first-order valence-electron chi connectivity index (χ1n) is 7.47. The molecule has 2 aromatic carbocycles. The van der Waals surface area contributed by atoms with Gasteiger partial charge in [-0.15, -0.1) is 0 Å². The van der Waals surface area contributed by atoms with Gasteiger partial charge in [-0.05, 0) is 41.8 Å². The predicted molar refractivity (Wildman–Crippen MR) is 95.3 cm³/mol. The van der Waals surface area contributed by atoms with Crippen molar-refractivity contribution in [1.82, 2.24) is 0 Å². The fourth-order valence-corrected chi connectivity index (χ4v) is 3.42. The molecular formula is C18H18BrNO4. The van der Waals surface area contributed by atoms with Gasteiger partial charge in [-0.25, -0.2) is 0 Å². The van der Waals surface area contributed by atoms with Crippen LogP contribution in [0.3, 0.4) is 0 Å². The highest BCUT2D eigenvalue weighted by atomic mass is 79.9. The Kier molecular flexibility index (Phi) is 4.66. The zero-order chi connectivity index (χ0) is 17.3. The number of amides is 1. The van der Waals surface area contributed by atoms with Crippen LogP contribution in [-0.4, -0.2) is 27.2 Å². The van der Waals surface area contributed by atoms with E-state index in [9.17, 15) is 4.79 Å². The number of nitrogens with one attached hydrogen (secondary N) is 1. The van der Waals surface area contributed by atoms with Gasteiger partial charge in [-0.2, -0.15) is 0 Å². The SMILES string of the molecule is COc1ccc(C[C@H]2C(=O)Nc3ccc(Br)cc32)c(OC)c1OC. The zero-order valence-corrected chi connectivity index (χ0v) is 15.3. The van der Waals surface area contributed by atoms with Gasteiger partial charge in [-0.3, -0.25) is 4.79 Å². The molecule has 0 fully saturated rings. The van der Waals surface area contributed by atoms with Crippen molar-refractivity contribution >= 4 is 27.5 Å². The summed E-state index contributed by atoms with van der Waals surface area (Å²) in [6.07, 6.45) is 0.513. The molecule has 3 rings (SSSR count). The minimum atomic E-state index is -0.274. The Bertz CT molecular complexity index is 791. The number of benzene rings is 2. The number of carbonyl (C=O) groups is 1. The highest BCUT2D eigenvalue weighted by Gasteiger charge is 2.32. The molecule has 1 heterocycles. The van der Waals surface area contributed by atoms with E-state index in [1.54, 1.807) is 21.3 Å². The summed E-state index contributed by atoms with van der Waals surface area (Å²) in [4.78, 5) is 12.4. The first-order valence-corrected chi connectivity index (χ1v) is 8.26. The summed E-state index contributed by atoms with van der Waals surface area (Å²) >= 11 is 3.47. The Labute approximate surface area is 149 Å². The number of anilines is 1. The molecule has 0 saturated carbocycles. The Morgan fingerprint density at radius 1 is 1.04 bits per heavy atom. The molecule has 24 heavy (non-hydrogen) atoms. The van der Waals surface area contributed by atoms with Crippen molar-refractivity contribution in [3.8, 4) is 17.2 Å². The number of rotatable bonds is 5. The average molecular weight is 392 g/mol. The number of methoxy groups -OCH3 is 3.